The van der Waals surface area contributed by atoms with Crippen LogP contribution >= 0.6 is 0 Å². The zero-order valence-corrected chi connectivity index (χ0v) is 14.3. The van der Waals surface area contributed by atoms with Crippen LogP contribution in [0.1, 0.15) is 29.3 Å². The number of allylic oxidation sites excluding steroid dienone is 5. The zero-order valence-electron chi connectivity index (χ0n) is 14.3. The molecule has 0 aromatic heterocycles. The maximum atomic E-state index is 11.6. The molecule has 1 N–H and O–H groups in total. The van der Waals surface area contributed by atoms with Gasteiger partial charge in [0, 0.05) is 12.6 Å². The van der Waals surface area contributed by atoms with Gasteiger partial charge in [-0.15, -0.1) is 0 Å². The van der Waals surface area contributed by atoms with Gasteiger partial charge in [0.25, 0.3) is 5.91 Å². The van der Waals surface area contributed by atoms with Gasteiger partial charge < -0.3 is 5.32 Å². The summed E-state index contributed by atoms with van der Waals surface area (Å²) in [4.78, 5) is 11.6. The van der Waals surface area contributed by atoms with Gasteiger partial charge >= 0.3 is 0 Å². The fourth-order valence-corrected chi connectivity index (χ4v) is 2.36. The summed E-state index contributed by atoms with van der Waals surface area (Å²) in [5, 5.41) is 2.63. The number of hydrogen-bond acceptors (Lipinski definition) is 1. The third kappa shape index (κ3) is 4.56. The van der Waals surface area contributed by atoms with Gasteiger partial charge in [0.2, 0.25) is 0 Å². The first-order valence-electron chi connectivity index (χ1n) is 8.05. The average Bonchev–Trinajstić information content (AvgIpc) is 2.64. The van der Waals surface area contributed by atoms with Gasteiger partial charge in [-0.3, -0.25) is 4.79 Å². The topological polar surface area (TPSA) is 29.1 Å². The maximum absolute atomic E-state index is 11.6. The summed E-state index contributed by atoms with van der Waals surface area (Å²) in [5.74, 6) is -0.0714. The highest BCUT2D eigenvalue weighted by molar-refractivity contribution is 5.94. The van der Waals surface area contributed by atoms with E-state index in [-0.39, 0.29) is 5.91 Å². The number of carbonyl (C=O) groups excluding carboxylic acids is 1. The first kappa shape index (κ1) is 17.5. The largest absolute Gasteiger partial charge is 0.355 e. The van der Waals surface area contributed by atoms with Crippen molar-refractivity contribution in [3.63, 3.8) is 0 Å². The van der Waals surface area contributed by atoms with Crippen LogP contribution in [0.2, 0.25) is 0 Å². The second-order valence-electron chi connectivity index (χ2n) is 5.47. The molecule has 0 bridgehead atoms. The Labute approximate surface area is 144 Å². The number of nitrogens with one attached hydrogen (secondary N) is 1. The van der Waals surface area contributed by atoms with Crippen LogP contribution in [0.3, 0.4) is 0 Å². The van der Waals surface area contributed by atoms with Crippen molar-refractivity contribution in [2.24, 2.45) is 0 Å². The summed E-state index contributed by atoms with van der Waals surface area (Å²) < 4.78 is 0. The molecule has 0 saturated carbocycles. The standard InChI is InChI=1S/C22H23NO/c1-4-5-6-7-8-17(2)18-9-11-19(12-10-18)20-13-15-21(16-14-20)22(24)23-3/h4-5,7-16H,2,6H2,1,3H3,(H,23,24)/b5-4?,8-7-. The van der Waals surface area contributed by atoms with E-state index in [9.17, 15) is 4.79 Å². The van der Waals surface area contributed by atoms with E-state index in [1.807, 2.05) is 43.3 Å². The van der Waals surface area contributed by atoms with Crippen molar-refractivity contribution in [3.05, 3.63) is 90.5 Å². The van der Waals surface area contributed by atoms with E-state index in [0.29, 0.717) is 5.56 Å². The Kier molecular flexibility index (Phi) is 6.32. The Morgan fingerprint density at radius 3 is 2.00 bits per heavy atom. The predicted octanol–water partition coefficient (Wildman–Crippen LogP) is 5.25. The minimum atomic E-state index is -0.0714. The number of carbonyl (C=O) groups is 1. The molecule has 0 heterocycles. The van der Waals surface area contributed by atoms with Crippen molar-refractivity contribution in [2.75, 3.05) is 7.05 Å². The van der Waals surface area contributed by atoms with Crippen molar-refractivity contribution in [3.8, 4) is 11.1 Å². The maximum Gasteiger partial charge on any atom is 0.251 e. The average molecular weight is 317 g/mol. The van der Waals surface area contributed by atoms with Crippen LogP contribution < -0.4 is 5.32 Å². The van der Waals surface area contributed by atoms with E-state index < -0.39 is 0 Å². The Bertz CT molecular complexity index is 750. The zero-order chi connectivity index (χ0) is 17.4. The van der Waals surface area contributed by atoms with Crippen molar-refractivity contribution in [2.45, 2.75) is 13.3 Å². The number of benzene rings is 2. The second-order valence-corrected chi connectivity index (χ2v) is 5.47. The SMILES string of the molecule is C=C(/C=C\CC=CC)c1ccc(-c2ccc(C(=O)NC)cc2)cc1. The minimum Gasteiger partial charge on any atom is -0.355 e. The van der Waals surface area contributed by atoms with Gasteiger partial charge in [0.15, 0.2) is 0 Å². The Morgan fingerprint density at radius 2 is 1.50 bits per heavy atom. The first-order chi connectivity index (χ1) is 11.7. The molecule has 0 aliphatic carbocycles. The molecular weight excluding hydrogens is 294 g/mol. The molecule has 0 atom stereocenters. The monoisotopic (exact) mass is 317 g/mol. The van der Waals surface area contributed by atoms with Crippen LogP contribution in [-0.4, -0.2) is 13.0 Å². The van der Waals surface area contributed by atoms with Gasteiger partial charge in [0.05, 0.1) is 0 Å². The first-order valence-corrected chi connectivity index (χ1v) is 8.05. The molecule has 0 radical (unpaired) electrons. The van der Waals surface area contributed by atoms with Crippen molar-refractivity contribution in [1.29, 1.82) is 0 Å². The van der Waals surface area contributed by atoms with Gasteiger partial charge in [-0.1, -0.05) is 67.3 Å². The number of rotatable bonds is 6. The lowest BCUT2D eigenvalue weighted by atomic mass is 10.00. The molecule has 0 saturated heterocycles. The molecule has 2 nitrogen and oxygen atoms in total. The highest BCUT2D eigenvalue weighted by Crippen LogP contribution is 2.23. The Morgan fingerprint density at radius 1 is 0.958 bits per heavy atom. The van der Waals surface area contributed by atoms with Gasteiger partial charge in [-0.25, -0.2) is 0 Å². The highest BCUT2D eigenvalue weighted by atomic mass is 16.1. The van der Waals surface area contributed by atoms with Crippen LogP contribution in [0.4, 0.5) is 0 Å². The van der Waals surface area contributed by atoms with E-state index in [4.69, 9.17) is 0 Å². The molecule has 2 rings (SSSR count). The second kappa shape index (κ2) is 8.68. The highest BCUT2D eigenvalue weighted by Gasteiger charge is 2.04. The fourth-order valence-electron chi connectivity index (χ4n) is 2.36. The third-order valence-electron chi connectivity index (χ3n) is 3.79. The predicted molar refractivity (Wildman–Crippen MR) is 103 cm³/mol. The van der Waals surface area contributed by atoms with Crippen molar-refractivity contribution >= 4 is 11.5 Å². The van der Waals surface area contributed by atoms with E-state index in [1.54, 1.807) is 7.05 Å². The van der Waals surface area contributed by atoms with Gasteiger partial charge in [0.1, 0.15) is 0 Å². The Balaban J connectivity index is 2.10. The Hall–Kier alpha value is -2.87. The molecule has 0 aliphatic rings. The molecule has 0 spiro atoms. The third-order valence-corrected chi connectivity index (χ3v) is 3.79. The van der Waals surface area contributed by atoms with Crippen LogP contribution in [0.5, 0.6) is 0 Å². The summed E-state index contributed by atoms with van der Waals surface area (Å²) in [6.45, 7) is 6.13. The van der Waals surface area contributed by atoms with Crippen LogP contribution in [0.25, 0.3) is 16.7 Å². The molecule has 0 aliphatic heterocycles. The molecule has 2 aromatic rings. The van der Waals surface area contributed by atoms with E-state index in [1.165, 1.54) is 0 Å². The summed E-state index contributed by atoms with van der Waals surface area (Å²) in [6.07, 6.45) is 9.22. The lowest BCUT2D eigenvalue weighted by Gasteiger charge is -2.06. The molecule has 2 heteroatoms. The summed E-state index contributed by atoms with van der Waals surface area (Å²) in [5.41, 5.74) is 4.98. The fraction of sp³-hybridized carbons (Fsp3) is 0.136. The van der Waals surface area contributed by atoms with Crippen LogP contribution in [0, 0.1) is 0 Å². The minimum absolute atomic E-state index is 0.0714. The van der Waals surface area contributed by atoms with Gasteiger partial charge in [-0.2, -0.15) is 0 Å². The molecule has 2 aromatic carbocycles. The quantitative estimate of drug-likeness (QED) is 0.572. The lowest BCUT2D eigenvalue weighted by Crippen LogP contribution is -2.17. The number of amides is 1. The normalized spacial score (nSPS) is 11.1. The molecule has 24 heavy (non-hydrogen) atoms. The molecule has 0 unspecified atom stereocenters. The van der Waals surface area contributed by atoms with Crippen molar-refractivity contribution < 1.29 is 4.79 Å². The smallest absolute Gasteiger partial charge is 0.251 e. The molecule has 0 fully saturated rings. The molecule has 122 valence electrons. The number of hydrogen-bond donors (Lipinski definition) is 1. The molecule has 1 amide bonds. The lowest BCUT2D eigenvalue weighted by molar-refractivity contribution is 0.0963. The van der Waals surface area contributed by atoms with Gasteiger partial charge in [-0.05, 0) is 47.7 Å². The van der Waals surface area contributed by atoms with Crippen LogP contribution in [-0.2, 0) is 0 Å². The van der Waals surface area contributed by atoms with Crippen molar-refractivity contribution in [1.82, 2.24) is 5.32 Å². The van der Waals surface area contributed by atoms with E-state index >= 15 is 0 Å². The van der Waals surface area contributed by atoms with E-state index in [0.717, 1.165) is 28.7 Å². The van der Waals surface area contributed by atoms with E-state index in [2.05, 4.69) is 48.3 Å². The molecular formula is C22H23NO. The summed E-state index contributed by atoms with van der Waals surface area (Å²) in [6, 6.07) is 15.9. The van der Waals surface area contributed by atoms with Crippen LogP contribution in [0.15, 0.2) is 79.4 Å². The summed E-state index contributed by atoms with van der Waals surface area (Å²) in [7, 11) is 1.63. The summed E-state index contributed by atoms with van der Waals surface area (Å²) >= 11 is 0.